The van der Waals surface area contributed by atoms with Gasteiger partial charge in [-0.2, -0.15) is 0 Å². The molecule has 2 aliphatic heterocycles. The fourth-order valence-electron chi connectivity index (χ4n) is 4.30. The molecule has 2 aliphatic rings. The van der Waals surface area contributed by atoms with Crippen molar-refractivity contribution >= 4 is 12.0 Å². The number of ether oxygens (including phenoxy) is 1. The van der Waals surface area contributed by atoms with E-state index in [1.54, 1.807) is 21.9 Å². The number of amides is 2. The number of oxazole rings is 1. The van der Waals surface area contributed by atoms with E-state index < -0.39 is 5.60 Å². The van der Waals surface area contributed by atoms with Crippen LogP contribution >= 0.6 is 0 Å². The molecule has 0 saturated carbocycles. The zero-order valence-corrected chi connectivity index (χ0v) is 17.6. The van der Waals surface area contributed by atoms with Crippen LogP contribution in [-0.2, 0) is 4.74 Å². The fourth-order valence-corrected chi connectivity index (χ4v) is 4.30. The first-order chi connectivity index (χ1) is 14.1. The average Bonchev–Trinajstić information content (AvgIpc) is 3.37. The van der Waals surface area contributed by atoms with Crippen LogP contribution in [-0.4, -0.2) is 62.8 Å². The molecule has 9 nitrogen and oxygen atoms in total. The number of rotatable bonds is 2. The molecule has 2 saturated heterocycles. The predicted molar refractivity (Wildman–Crippen MR) is 105 cm³/mol. The molecule has 4 heterocycles. The second-order valence-corrected chi connectivity index (χ2v) is 8.89. The summed E-state index contributed by atoms with van der Waals surface area (Å²) in [4.78, 5) is 33.3. The molecule has 160 valence electrons. The Bertz CT molecular complexity index is 949. The van der Waals surface area contributed by atoms with E-state index in [1.165, 1.54) is 18.6 Å². The van der Waals surface area contributed by atoms with Crippen LogP contribution in [0.25, 0.3) is 11.3 Å². The lowest BCUT2D eigenvalue weighted by atomic mass is 9.98. The zero-order chi connectivity index (χ0) is 21.6. The summed E-state index contributed by atoms with van der Waals surface area (Å²) in [6.07, 6.45) is 4.91. The Balaban J connectivity index is 1.48. The van der Waals surface area contributed by atoms with E-state index in [0.29, 0.717) is 24.4 Å². The van der Waals surface area contributed by atoms with Crippen molar-refractivity contribution in [3.63, 3.8) is 0 Å². The van der Waals surface area contributed by atoms with Crippen molar-refractivity contribution in [3.8, 4) is 11.3 Å². The Morgan fingerprint density at radius 2 is 1.97 bits per heavy atom. The van der Waals surface area contributed by atoms with Crippen molar-refractivity contribution in [1.82, 2.24) is 14.8 Å². The number of hydrogen-bond acceptors (Lipinski definition) is 6. The van der Waals surface area contributed by atoms with Crippen molar-refractivity contribution < 1.29 is 28.7 Å². The van der Waals surface area contributed by atoms with Gasteiger partial charge in [-0.1, -0.05) is 0 Å². The highest BCUT2D eigenvalue weighted by Crippen LogP contribution is 2.38. The number of pyridine rings is 1. The number of fused-ring (bicyclic) bond motifs is 1. The SMILES string of the molecule is C[C@H]1[C@H]2CCN(C(=O)c3ncc(-c4cc[n+](O)cc4)o3)[C@H]2CN1C(=O)OC(C)(C)C. The molecule has 1 N–H and O–H groups in total. The highest BCUT2D eigenvalue weighted by molar-refractivity contribution is 5.90. The lowest BCUT2D eigenvalue weighted by molar-refractivity contribution is -0.904. The first-order valence-corrected chi connectivity index (χ1v) is 10.1. The summed E-state index contributed by atoms with van der Waals surface area (Å²) in [5, 5.41) is 9.34. The molecule has 4 rings (SSSR count). The second-order valence-electron chi connectivity index (χ2n) is 8.89. The Kier molecular flexibility index (Phi) is 4.91. The van der Waals surface area contributed by atoms with Gasteiger partial charge in [0, 0.05) is 47.5 Å². The first kappa shape index (κ1) is 20.2. The molecule has 0 bridgehead atoms. The summed E-state index contributed by atoms with van der Waals surface area (Å²) >= 11 is 0. The Labute approximate surface area is 174 Å². The van der Waals surface area contributed by atoms with Gasteiger partial charge in [0.1, 0.15) is 5.60 Å². The summed E-state index contributed by atoms with van der Waals surface area (Å²) in [5.74, 6) is 0.393. The summed E-state index contributed by atoms with van der Waals surface area (Å²) < 4.78 is 12.2. The monoisotopic (exact) mass is 415 g/mol. The van der Waals surface area contributed by atoms with Gasteiger partial charge in [0.15, 0.2) is 5.76 Å². The van der Waals surface area contributed by atoms with Crippen molar-refractivity contribution in [2.75, 3.05) is 13.1 Å². The highest BCUT2D eigenvalue weighted by atomic mass is 16.6. The third-order valence-electron chi connectivity index (χ3n) is 5.77. The van der Waals surface area contributed by atoms with Gasteiger partial charge >= 0.3 is 12.0 Å². The fraction of sp³-hybridized carbons (Fsp3) is 0.524. The van der Waals surface area contributed by atoms with E-state index in [9.17, 15) is 14.8 Å². The van der Waals surface area contributed by atoms with Gasteiger partial charge in [-0.05, 0) is 34.1 Å². The molecule has 0 aromatic carbocycles. The van der Waals surface area contributed by atoms with E-state index in [1.807, 2.05) is 27.7 Å². The van der Waals surface area contributed by atoms with Crippen LogP contribution in [0.3, 0.4) is 0 Å². The Morgan fingerprint density at radius 1 is 1.27 bits per heavy atom. The minimum atomic E-state index is -0.564. The van der Waals surface area contributed by atoms with Crippen molar-refractivity contribution in [2.45, 2.75) is 51.8 Å². The van der Waals surface area contributed by atoms with Crippen molar-refractivity contribution in [1.29, 1.82) is 0 Å². The highest BCUT2D eigenvalue weighted by Gasteiger charge is 2.50. The predicted octanol–water partition coefficient (Wildman–Crippen LogP) is 2.34. The van der Waals surface area contributed by atoms with Gasteiger partial charge in [0.25, 0.3) is 5.89 Å². The molecule has 2 fully saturated rings. The van der Waals surface area contributed by atoms with E-state index in [-0.39, 0.29) is 35.9 Å². The number of nitrogens with zero attached hydrogens (tertiary/aromatic N) is 4. The van der Waals surface area contributed by atoms with Crippen LogP contribution in [0, 0.1) is 5.92 Å². The molecule has 9 heteroatoms. The van der Waals surface area contributed by atoms with Gasteiger partial charge in [-0.3, -0.25) is 10.0 Å². The zero-order valence-electron chi connectivity index (χ0n) is 17.6. The van der Waals surface area contributed by atoms with Crippen LogP contribution in [0.4, 0.5) is 4.79 Å². The quantitative estimate of drug-likeness (QED) is 0.597. The maximum atomic E-state index is 13.1. The smallest absolute Gasteiger partial charge is 0.410 e. The van der Waals surface area contributed by atoms with Gasteiger partial charge in [0.2, 0.25) is 12.4 Å². The summed E-state index contributed by atoms with van der Waals surface area (Å²) in [7, 11) is 0. The minimum absolute atomic E-state index is 0.00253. The van der Waals surface area contributed by atoms with Crippen LogP contribution in [0.2, 0.25) is 0 Å². The number of carbonyl (C=O) groups excluding carboxylic acids is 2. The maximum Gasteiger partial charge on any atom is 0.410 e. The van der Waals surface area contributed by atoms with Crippen LogP contribution in [0.15, 0.2) is 35.1 Å². The third kappa shape index (κ3) is 3.71. The number of aromatic nitrogens is 2. The number of likely N-dealkylation sites (tertiary alicyclic amines) is 2. The summed E-state index contributed by atoms with van der Waals surface area (Å²) in [5.41, 5.74) is 0.141. The van der Waals surface area contributed by atoms with Crippen molar-refractivity contribution in [2.24, 2.45) is 5.92 Å². The van der Waals surface area contributed by atoms with Crippen LogP contribution in [0.5, 0.6) is 0 Å². The topological polar surface area (TPSA) is 100.0 Å². The van der Waals surface area contributed by atoms with E-state index >= 15 is 0 Å². The summed E-state index contributed by atoms with van der Waals surface area (Å²) in [6.45, 7) is 8.58. The third-order valence-corrected chi connectivity index (χ3v) is 5.77. The van der Waals surface area contributed by atoms with E-state index in [4.69, 9.17) is 9.15 Å². The average molecular weight is 415 g/mol. The lowest BCUT2D eigenvalue weighted by Gasteiger charge is -2.28. The van der Waals surface area contributed by atoms with E-state index in [0.717, 1.165) is 11.2 Å². The maximum absolute atomic E-state index is 13.1. The van der Waals surface area contributed by atoms with E-state index in [2.05, 4.69) is 4.98 Å². The molecule has 0 spiro atoms. The van der Waals surface area contributed by atoms with Gasteiger partial charge in [-0.15, -0.1) is 0 Å². The molecule has 2 aromatic rings. The standard InChI is InChI=1S/C21H27N4O5/c1-13-15-7-10-24(16(15)12-25(13)20(27)30-21(2,3)4)19(26)18-22-11-17(29-18)14-5-8-23(28)9-6-14/h5-6,8-9,11,13,15-16,28H,7,10,12H2,1-4H3/q+1/t13-,15+,16-/m0/s1. The lowest BCUT2D eigenvalue weighted by Crippen LogP contribution is -2.43. The molecule has 0 aliphatic carbocycles. The molecule has 2 amide bonds. The molecule has 0 radical (unpaired) electrons. The van der Waals surface area contributed by atoms with Crippen LogP contribution in [0.1, 0.15) is 44.8 Å². The Morgan fingerprint density at radius 3 is 2.63 bits per heavy atom. The molecule has 2 aromatic heterocycles. The molecule has 0 unspecified atom stereocenters. The first-order valence-electron chi connectivity index (χ1n) is 10.1. The van der Waals surface area contributed by atoms with Crippen molar-refractivity contribution in [3.05, 3.63) is 36.6 Å². The Hall–Kier alpha value is -3.10. The van der Waals surface area contributed by atoms with Crippen LogP contribution < -0.4 is 4.73 Å². The molecular formula is C21H27N4O5+. The number of hydrogen-bond donors (Lipinski definition) is 1. The van der Waals surface area contributed by atoms with Gasteiger partial charge in [0.05, 0.1) is 12.2 Å². The number of carbonyl (C=O) groups is 2. The molecule has 3 atom stereocenters. The van der Waals surface area contributed by atoms with Gasteiger partial charge < -0.3 is 19.0 Å². The largest absolute Gasteiger partial charge is 0.444 e. The van der Waals surface area contributed by atoms with Gasteiger partial charge in [-0.25, -0.2) is 9.78 Å². The normalized spacial score (nSPS) is 23.5. The molecule has 30 heavy (non-hydrogen) atoms. The second kappa shape index (κ2) is 7.30. The molecular weight excluding hydrogens is 388 g/mol. The summed E-state index contributed by atoms with van der Waals surface area (Å²) in [6, 6.07) is 3.24. The minimum Gasteiger partial charge on any atom is -0.444 e.